The lowest BCUT2D eigenvalue weighted by atomic mass is 10.1. The van der Waals surface area contributed by atoms with Crippen LogP contribution in [0.15, 0.2) is 0 Å². The second-order valence-electron chi connectivity index (χ2n) is 4.74. The van der Waals surface area contributed by atoms with E-state index in [9.17, 15) is 4.79 Å². The Morgan fingerprint density at radius 1 is 1.38 bits per heavy atom. The van der Waals surface area contributed by atoms with Crippen molar-refractivity contribution in [3.8, 4) is 0 Å². The molecule has 1 N–H and O–H groups in total. The van der Waals surface area contributed by atoms with Crippen molar-refractivity contribution in [1.82, 2.24) is 10.2 Å². The number of ether oxygens (including phenoxy) is 2. The molecule has 2 rings (SSSR count). The van der Waals surface area contributed by atoms with Gasteiger partial charge in [-0.3, -0.25) is 0 Å². The standard InChI is InChI=1S/C11H20N2O3/c1-9(2)12-10(14)13-5-3-4-11(8-13)15-6-7-16-11/h9H,3-8H2,1-2H3,(H,12,14). The number of piperidine rings is 1. The molecule has 0 unspecified atom stereocenters. The fourth-order valence-electron chi connectivity index (χ4n) is 2.23. The van der Waals surface area contributed by atoms with Gasteiger partial charge in [-0.2, -0.15) is 0 Å². The number of carbonyl (C=O) groups is 1. The molecular weight excluding hydrogens is 208 g/mol. The van der Waals surface area contributed by atoms with Crippen LogP contribution in [0.3, 0.4) is 0 Å². The first-order valence-corrected chi connectivity index (χ1v) is 5.95. The highest BCUT2D eigenvalue weighted by molar-refractivity contribution is 5.74. The van der Waals surface area contributed by atoms with Crippen LogP contribution in [0.25, 0.3) is 0 Å². The lowest BCUT2D eigenvalue weighted by Gasteiger charge is -2.38. The van der Waals surface area contributed by atoms with Crippen LogP contribution in [0.2, 0.25) is 0 Å². The summed E-state index contributed by atoms with van der Waals surface area (Å²) in [6, 6.07) is 0.143. The van der Waals surface area contributed by atoms with Crippen LogP contribution in [0.1, 0.15) is 26.7 Å². The average Bonchev–Trinajstić information content (AvgIpc) is 2.65. The smallest absolute Gasteiger partial charge is 0.317 e. The summed E-state index contributed by atoms with van der Waals surface area (Å²) < 4.78 is 11.2. The summed E-state index contributed by atoms with van der Waals surface area (Å²) in [6.07, 6.45) is 1.82. The molecule has 0 atom stereocenters. The molecule has 0 aromatic rings. The maximum Gasteiger partial charge on any atom is 0.317 e. The van der Waals surface area contributed by atoms with Gasteiger partial charge in [0.25, 0.3) is 0 Å². The number of nitrogens with zero attached hydrogens (tertiary/aromatic N) is 1. The number of urea groups is 1. The van der Waals surface area contributed by atoms with E-state index in [1.165, 1.54) is 0 Å². The van der Waals surface area contributed by atoms with Crippen molar-refractivity contribution >= 4 is 6.03 Å². The van der Waals surface area contributed by atoms with Crippen LogP contribution >= 0.6 is 0 Å². The number of likely N-dealkylation sites (tertiary alicyclic amines) is 1. The van der Waals surface area contributed by atoms with Gasteiger partial charge in [0, 0.05) is 19.0 Å². The molecule has 0 saturated carbocycles. The third-order valence-electron chi connectivity index (χ3n) is 2.93. The molecule has 0 radical (unpaired) electrons. The summed E-state index contributed by atoms with van der Waals surface area (Å²) in [7, 11) is 0. The number of nitrogens with one attached hydrogen (secondary N) is 1. The van der Waals surface area contributed by atoms with Gasteiger partial charge < -0.3 is 19.7 Å². The molecule has 2 amide bonds. The van der Waals surface area contributed by atoms with Gasteiger partial charge in [0.15, 0.2) is 5.79 Å². The topological polar surface area (TPSA) is 50.8 Å². The summed E-state index contributed by atoms with van der Waals surface area (Å²) in [6.45, 7) is 6.53. The highest BCUT2D eigenvalue weighted by atomic mass is 16.7. The zero-order valence-electron chi connectivity index (χ0n) is 9.99. The largest absolute Gasteiger partial charge is 0.346 e. The van der Waals surface area contributed by atoms with Crippen LogP contribution in [-0.2, 0) is 9.47 Å². The summed E-state index contributed by atoms with van der Waals surface area (Å²) in [5, 5.41) is 2.89. The van der Waals surface area contributed by atoms with Gasteiger partial charge in [-0.1, -0.05) is 0 Å². The molecule has 2 aliphatic heterocycles. The average molecular weight is 228 g/mol. The van der Waals surface area contributed by atoms with E-state index in [0.717, 1.165) is 19.4 Å². The van der Waals surface area contributed by atoms with Crippen LogP contribution in [0.5, 0.6) is 0 Å². The van der Waals surface area contributed by atoms with Crippen molar-refractivity contribution in [1.29, 1.82) is 0 Å². The molecule has 0 aliphatic carbocycles. The third-order valence-corrected chi connectivity index (χ3v) is 2.93. The van der Waals surface area contributed by atoms with Gasteiger partial charge in [-0.25, -0.2) is 4.79 Å². The second kappa shape index (κ2) is 4.59. The van der Waals surface area contributed by atoms with E-state index in [0.29, 0.717) is 19.8 Å². The summed E-state index contributed by atoms with van der Waals surface area (Å²) in [4.78, 5) is 13.6. The lowest BCUT2D eigenvalue weighted by Crippen LogP contribution is -2.54. The molecule has 0 aromatic heterocycles. The van der Waals surface area contributed by atoms with Crippen molar-refractivity contribution in [2.45, 2.75) is 38.5 Å². The van der Waals surface area contributed by atoms with Crippen molar-refractivity contribution in [3.63, 3.8) is 0 Å². The van der Waals surface area contributed by atoms with E-state index in [1.807, 2.05) is 13.8 Å². The lowest BCUT2D eigenvalue weighted by molar-refractivity contribution is -0.182. The molecule has 92 valence electrons. The Morgan fingerprint density at radius 3 is 2.69 bits per heavy atom. The highest BCUT2D eigenvalue weighted by Gasteiger charge is 2.42. The molecule has 0 aromatic carbocycles. The normalized spacial score (nSPS) is 24.1. The highest BCUT2D eigenvalue weighted by Crippen LogP contribution is 2.29. The van der Waals surface area contributed by atoms with Crippen molar-refractivity contribution in [2.24, 2.45) is 0 Å². The first-order chi connectivity index (χ1) is 7.61. The van der Waals surface area contributed by atoms with E-state index in [1.54, 1.807) is 4.90 Å². The third kappa shape index (κ3) is 2.47. The number of rotatable bonds is 1. The first kappa shape index (κ1) is 11.7. The molecule has 2 saturated heterocycles. The van der Waals surface area contributed by atoms with E-state index < -0.39 is 5.79 Å². The minimum absolute atomic E-state index is 0.0202. The molecule has 5 nitrogen and oxygen atoms in total. The minimum atomic E-state index is -0.521. The zero-order chi connectivity index (χ0) is 11.6. The van der Waals surface area contributed by atoms with Gasteiger partial charge in [0.2, 0.25) is 0 Å². The van der Waals surface area contributed by atoms with Crippen LogP contribution in [0, 0.1) is 0 Å². The van der Waals surface area contributed by atoms with Gasteiger partial charge in [-0.15, -0.1) is 0 Å². The fourth-order valence-corrected chi connectivity index (χ4v) is 2.23. The number of carbonyl (C=O) groups excluding carboxylic acids is 1. The van der Waals surface area contributed by atoms with E-state index >= 15 is 0 Å². The number of hydrogen-bond acceptors (Lipinski definition) is 3. The van der Waals surface area contributed by atoms with Crippen LogP contribution < -0.4 is 5.32 Å². The van der Waals surface area contributed by atoms with E-state index in [2.05, 4.69) is 5.32 Å². The molecule has 0 bridgehead atoms. The predicted octanol–water partition coefficient (Wildman–Crippen LogP) is 0.943. The molecule has 2 heterocycles. The van der Waals surface area contributed by atoms with Crippen LogP contribution in [0.4, 0.5) is 4.79 Å². The van der Waals surface area contributed by atoms with Crippen molar-refractivity contribution < 1.29 is 14.3 Å². The Hall–Kier alpha value is -0.810. The van der Waals surface area contributed by atoms with Gasteiger partial charge in [0.05, 0.1) is 19.8 Å². The number of amides is 2. The molecule has 2 fully saturated rings. The van der Waals surface area contributed by atoms with Gasteiger partial charge >= 0.3 is 6.03 Å². The Kier molecular flexibility index (Phi) is 3.35. The quantitative estimate of drug-likeness (QED) is 0.726. The van der Waals surface area contributed by atoms with Crippen molar-refractivity contribution in [3.05, 3.63) is 0 Å². The molecule has 16 heavy (non-hydrogen) atoms. The van der Waals surface area contributed by atoms with E-state index in [4.69, 9.17) is 9.47 Å². The fraction of sp³-hybridized carbons (Fsp3) is 0.909. The van der Waals surface area contributed by atoms with E-state index in [-0.39, 0.29) is 12.1 Å². The summed E-state index contributed by atoms with van der Waals surface area (Å²) in [5.74, 6) is -0.521. The Balaban J connectivity index is 1.93. The number of hydrogen-bond donors (Lipinski definition) is 1. The maximum atomic E-state index is 11.9. The van der Waals surface area contributed by atoms with Gasteiger partial charge in [0.1, 0.15) is 0 Å². The molecular formula is C11H20N2O3. The summed E-state index contributed by atoms with van der Waals surface area (Å²) >= 11 is 0. The Bertz CT molecular complexity index is 262. The maximum absolute atomic E-state index is 11.9. The van der Waals surface area contributed by atoms with Gasteiger partial charge in [-0.05, 0) is 20.3 Å². The molecule has 5 heteroatoms. The zero-order valence-corrected chi connectivity index (χ0v) is 9.99. The van der Waals surface area contributed by atoms with Crippen LogP contribution in [-0.4, -0.2) is 49.1 Å². The molecule has 1 spiro atoms. The van der Waals surface area contributed by atoms with Crippen molar-refractivity contribution in [2.75, 3.05) is 26.3 Å². The SMILES string of the molecule is CC(C)NC(=O)N1CCCC2(C1)OCCO2. The Labute approximate surface area is 96.1 Å². The summed E-state index contributed by atoms with van der Waals surface area (Å²) in [5.41, 5.74) is 0. The first-order valence-electron chi connectivity index (χ1n) is 5.95. The monoisotopic (exact) mass is 228 g/mol. The molecule has 2 aliphatic rings. The second-order valence-corrected chi connectivity index (χ2v) is 4.74. The Morgan fingerprint density at radius 2 is 2.06 bits per heavy atom. The predicted molar refractivity (Wildman–Crippen MR) is 59.1 cm³/mol. The minimum Gasteiger partial charge on any atom is -0.346 e.